The van der Waals surface area contributed by atoms with Gasteiger partial charge in [0.25, 0.3) is 0 Å². The second kappa shape index (κ2) is 16.7. The molecule has 0 heterocycles. The van der Waals surface area contributed by atoms with Gasteiger partial charge in [-0.25, -0.2) is 0 Å². The Hall–Kier alpha value is -2.94. The maximum absolute atomic E-state index is 12.5. The molecule has 1 unspecified atom stereocenters. The molecule has 0 spiro atoms. The molecule has 9 nitrogen and oxygen atoms in total. The van der Waals surface area contributed by atoms with Gasteiger partial charge in [0.2, 0.25) is 0 Å². The summed E-state index contributed by atoms with van der Waals surface area (Å²) in [4.78, 5) is 48.5. The van der Waals surface area contributed by atoms with Crippen LogP contribution in [0, 0.1) is 0 Å². The largest absolute Gasteiger partial charge is 0.459 e. The first-order chi connectivity index (χ1) is 17.1. The summed E-state index contributed by atoms with van der Waals surface area (Å²) in [6, 6.07) is 3.71. The van der Waals surface area contributed by atoms with Crippen LogP contribution in [0.1, 0.15) is 91.5 Å². The minimum atomic E-state index is -1.01. The number of benzene rings is 1. The van der Waals surface area contributed by atoms with E-state index in [-0.39, 0.29) is 36.7 Å². The fourth-order valence-corrected chi connectivity index (χ4v) is 3.10. The van der Waals surface area contributed by atoms with E-state index in [9.17, 15) is 19.2 Å². The summed E-state index contributed by atoms with van der Waals surface area (Å²) in [7, 11) is 0. The predicted molar refractivity (Wildman–Crippen MR) is 134 cm³/mol. The Labute approximate surface area is 214 Å². The second-order valence-electron chi connectivity index (χ2n) is 8.83. The quantitative estimate of drug-likeness (QED) is 0.255. The van der Waals surface area contributed by atoms with Gasteiger partial charge < -0.3 is 24.7 Å². The van der Waals surface area contributed by atoms with Gasteiger partial charge in [-0.15, -0.1) is 0 Å². The number of carbonyl (C=O) groups is 4. The number of unbranched alkanes of at least 4 members (excludes halogenated alkanes) is 2. The third-order valence-electron chi connectivity index (χ3n) is 5.42. The van der Waals surface area contributed by atoms with Crippen molar-refractivity contribution in [2.45, 2.75) is 111 Å². The van der Waals surface area contributed by atoms with Crippen LogP contribution >= 0.6 is 0 Å². The van der Waals surface area contributed by atoms with Crippen LogP contribution in [0.25, 0.3) is 0 Å². The molecular formula is C27H41NO8. The van der Waals surface area contributed by atoms with E-state index in [0.29, 0.717) is 31.2 Å². The molecule has 9 heteroatoms. The SMILES string of the molecule is CCCCC(=O)Oc1ccc(C[C@H](N)C(=O)O[C@@H](C)C(C)OC(=O)CCC)cc1OC(=O)CCCC. The number of hydrogen-bond donors (Lipinski definition) is 1. The van der Waals surface area contributed by atoms with Crippen molar-refractivity contribution in [3.8, 4) is 11.5 Å². The number of carbonyl (C=O) groups excluding carboxylic acids is 4. The monoisotopic (exact) mass is 507 g/mol. The predicted octanol–water partition coefficient (Wildman–Crippen LogP) is 4.41. The van der Waals surface area contributed by atoms with Crippen molar-refractivity contribution in [1.82, 2.24) is 0 Å². The van der Waals surface area contributed by atoms with Crippen molar-refractivity contribution in [2.24, 2.45) is 5.73 Å². The summed E-state index contributed by atoms with van der Waals surface area (Å²) in [5.74, 6) is -1.63. The standard InChI is InChI=1S/C27H41NO8/c1-6-9-12-25(30)35-22-15-14-20(17-23(22)36-26(31)13-10-7-2)16-21(28)27(32)34-19(5)18(4)33-24(29)11-8-3/h14-15,17-19,21H,6-13,16,28H2,1-5H3/t18?,19-,21-/m0/s1. The van der Waals surface area contributed by atoms with E-state index < -0.39 is 36.2 Å². The number of ether oxygens (including phenoxy) is 4. The summed E-state index contributed by atoms with van der Waals surface area (Å²) in [6.07, 6.45) is 3.28. The molecule has 1 rings (SSSR count). The maximum atomic E-state index is 12.5. The highest BCUT2D eigenvalue weighted by Gasteiger charge is 2.24. The molecule has 0 aliphatic heterocycles. The van der Waals surface area contributed by atoms with Gasteiger partial charge in [0.1, 0.15) is 18.2 Å². The Morgan fingerprint density at radius 2 is 1.31 bits per heavy atom. The average Bonchev–Trinajstić information content (AvgIpc) is 2.82. The summed E-state index contributed by atoms with van der Waals surface area (Å²) in [6.45, 7) is 9.08. The molecule has 0 aromatic heterocycles. The van der Waals surface area contributed by atoms with Gasteiger partial charge in [-0.05, 0) is 57.2 Å². The molecular weight excluding hydrogens is 466 g/mol. The Bertz CT molecular complexity index is 869. The van der Waals surface area contributed by atoms with Gasteiger partial charge in [0.05, 0.1) is 0 Å². The fraction of sp³-hybridized carbons (Fsp3) is 0.630. The zero-order chi connectivity index (χ0) is 27.1. The molecule has 0 bridgehead atoms. The molecule has 202 valence electrons. The topological polar surface area (TPSA) is 131 Å². The van der Waals surface area contributed by atoms with E-state index in [1.54, 1.807) is 19.9 Å². The molecule has 0 fully saturated rings. The number of hydrogen-bond acceptors (Lipinski definition) is 9. The van der Waals surface area contributed by atoms with E-state index >= 15 is 0 Å². The molecule has 3 atom stereocenters. The smallest absolute Gasteiger partial charge is 0.323 e. The van der Waals surface area contributed by atoms with Crippen LogP contribution < -0.4 is 15.2 Å². The molecule has 1 aromatic carbocycles. The van der Waals surface area contributed by atoms with Gasteiger partial charge in [-0.3, -0.25) is 19.2 Å². The Morgan fingerprint density at radius 3 is 1.86 bits per heavy atom. The minimum Gasteiger partial charge on any atom is -0.459 e. The number of esters is 4. The van der Waals surface area contributed by atoms with Crippen LogP contribution in [0.15, 0.2) is 18.2 Å². The van der Waals surface area contributed by atoms with Gasteiger partial charge in [0.15, 0.2) is 11.5 Å². The highest BCUT2D eigenvalue weighted by molar-refractivity contribution is 5.77. The summed E-state index contributed by atoms with van der Waals surface area (Å²) >= 11 is 0. The third-order valence-corrected chi connectivity index (χ3v) is 5.42. The van der Waals surface area contributed by atoms with E-state index in [4.69, 9.17) is 24.7 Å². The molecule has 0 amide bonds. The van der Waals surface area contributed by atoms with E-state index in [0.717, 1.165) is 12.8 Å². The lowest BCUT2D eigenvalue weighted by Gasteiger charge is -2.22. The van der Waals surface area contributed by atoms with Crippen molar-refractivity contribution >= 4 is 23.9 Å². The fourth-order valence-electron chi connectivity index (χ4n) is 3.10. The van der Waals surface area contributed by atoms with Gasteiger partial charge in [-0.2, -0.15) is 0 Å². The molecule has 2 N–H and O–H groups in total. The van der Waals surface area contributed by atoms with Crippen LogP contribution in [0.2, 0.25) is 0 Å². The number of nitrogens with two attached hydrogens (primary N) is 1. The lowest BCUT2D eigenvalue weighted by atomic mass is 10.1. The van der Waals surface area contributed by atoms with E-state index in [1.807, 2.05) is 20.8 Å². The molecule has 0 saturated heterocycles. The Morgan fingerprint density at radius 1 is 0.750 bits per heavy atom. The molecule has 1 aromatic rings. The highest BCUT2D eigenvalue weighted by atomic mass is 16.6. The van der Waals surface area contributed by atoms with Gasteiger partial charge in [-0.1, -0.05) is 39.7 Å². The highest BCUT2D eigenvalue weighted by Crippen LogP contribution is 2.30. The van der Waals surface area contributed by atoms with Crippen molar-refractivity contribution in [3.05, 3.63) is 23.8 Å². The Balaban J connectivity index is 2.89. The van der Waals surface area contributed by atoms with Crippen molar-refractivity contribution < 1.29 is 38.1 Å². The summed E-state index contributed by atoms with van der Waals surface area (Å²) in [5, 5.41) is 0. The Kier molecular flexibility index (Phi) is 14.4. The number of rotatable bonds is 16. The third kappa shape index (κ3) is 11.7. The lowest BCUT2D eigenvalue weighted by molar-refractivity contribution is -0.166. The van der Waals surface area contributed by atoms with Crippen LogP contribution in [-0.2, 0) is 35.1 Å². The molecule has 36 heavy (non-hydrogen) atoms. The molecule has 0 aliphatic carbocycles. The van der Waals surface area contributed by atoms with E-state index in [1.165, 1.54) is 12.1 Å². The van der Waals surface area contributed by atoms with Crippen molar-refractivity contribution in [1.29, 1.82) is 0 Å². The van der Waals surface area contributed by atoms with Gasteiger partial charge >= 0.3 is 23.9 Å². The minimum absolute atomic E-state index is 0.0964. The van der Waals surface area contributed by atoms with E-state index in [2.05, 4.69) is 0 Å². The maximum Gasteiger partial charge on any atom is 0.323 e. The van der Waals surface area contributed by atoms with Crippen molar-refractivity contribution in [2.75, 3.05) is 0 Å². The van der Waals surface area contributed by atoms with Crippen LogP contribution in [0.5, 0.6) is 11.5 Å². The first kappa shape index (κ1) is 31.1. The lowest BCUT2D eigenvalue weighted by Crippen LogP contribution is -2.39. The zero-order valence-electron chi connectivity index (χ0n) is 22.2. The first-order valence-electron chi connectivity index (χ1n) is 12.8. The zero-order valence-corrected chi connectivity index (χ0v) is 22.2. The van der Waals surface area contributed by atoms with Gasteiger partial charge in [0, 0.05) is 19.3 Å². The van der Waals surface area contributed by atoms with Crippen LogP contribution in [-0.4, -0.2) is 42.1 Å². The molecule has 0 radical (unpaired) electrons. The molecule has 0 aliphatic rings. The normalized spacial score (nSPS) is 13.3. The van der Waals surface area contributed by atoms with Crippen molar-refractivity contribution in [3.63, 3.8) is 0 Å². The van der Waals surface area contributed by atoms with Crippen LogP contribution in [0.4, 0.5) is 0 Å². The summed E-state index contributed by atoms with van der Waals surface area (Å²) in [5.41, 5.74) is 6.66. The molecule has 0 saturated carbocycles. The first-order valence-corrected chi connectivity index (χ1v) is 12.8. The van der Waals surface area contributed by atoms with Crippen LogP contribution in [0.3, 0.4) is 0 Å². The summed E-state index contributed by atoms with van der Waals surface area (Å²) < 4.78 is 21.5. The average molecular weight is 508 g/mol. The second-order valence-corrected chi connectivity index (χ2v) is 8.83.